The van der Waals surface area contributed by atoms with Crippen LogP contribution < -0.4 is 10.1 Å². The lowest BCUT2D eigenvalue weighted by Gasteiger charge is -2.14. The molecule has 2 aromatic carbocycles. The van der Waals surface area contributed by atoms with Crippen LogP contribution in [0, 0.1) is 3.57 Å². The van der Waals surface area contributed by atoms with Gasteiger partial charge < -0.3 is 10.1 Å². The van der Waals surface area contributed by atoms with Crippen molar-refractivity contribution in [2.24, 2.45) is 0 Å². The van der Waals surface area contributed by atoms with E-state index in [2.05, 4.69) is 19.2 Å². The molecule has 0 aliphatic heterocycles. The first-order valence-corrected chi connectivity index (χ1v) is 8.64. The summed E-state index contributed by atoms with van der Waals surface area (Å²) in [6, 6.07) is 11.0. The Hall–Kier alpha value is -1.77. The summed E-state index contributed by atoms with van der Waals surface area (Å²) in [6.07, 6.45) is -4.54. The van der Waals surface area contributed by atoms with Crippen LogP contribution in [-0.2, 0) is 11.0 Å². The Morgan fingerprint density at radius 3 is 2.36 bits per heavy atom. The number of alkyl halides is 3. The SMILES string of the molecule is CC(C)c1ccc(OCC(=O)Nc2ccc(I)cc2C(F)(F)F)cc1. The Kier molecular flexibility index (Phi) is 6.31. The number of carbonyl (C=O) groups excluding carboxylic acids is 1. The predicted octanol–water partition coefficient (Wildman–Crippen LogP) is 5.45. The van der Waals surface area contributed by atoms with Gasteiger partial charge in [0.2, 0.25) is 0 Å². The molecular formula is C18H17F3INO2. The molecule has 0 heterocycles. The topological polar surface area (TPSA) is 38.3 Å². The van der Waals surface area contributed by atoms with E-state index in [1.807, 2.05) is 12.1 Å². The molecule has 134 valence electrons. The van der Waals surface area contributed by atoms with E-state index in [-0.39, 0.29) is 12.3 Å². The molecule has 0 bridgehead atoms. The van der Waals surface area contributed by atoms with Gasteiger partial charge in [-0.2, -0.15) is 13.2 Å². The summed E-state index contributed by atoms with van der Waals surface area (Å²) < 4.78 is 44.9. The van der Waals surface area contributed by atoms with Gasteiger partial charge >= 0.3 is 6.18 Å². The second-order valence-corrected chi connectivity index (χ2v) is 6.99. The van der Waals surface area contributed by atoms with Crippen molar-refractivity contribution in [1.29, 1.82) is 0 Å². The van der Waals surface area contributed by atoms with Crippen LogP contribution in [0.1, 0.15) is 30.9 Å². The van der Waals surface area contributed by atoms with E-state index in [1.165, 1.54) is 12.1 Å². The Morgan fingerprint density at radius 1 is 1.16 bits per heavy atom. The van der Waals surface area contributed by atoms with Crippen LogP contribution in [0.4, 0.5) is 18.9 Å². The molecule has 2 aromatic rings. The molecule has 0 saturated heterocycles. The van der Waals surface area contributed by atoms with Crippen LogP contribution in [0.5, 0.6) is 5.75 Å². The molecule has 0 unspecified atom stereocenters. The van der Waals surface area contributed by atoms with E-state index < -0.39 is 17.6 Å². The highest BCUT2D eigenvalue weighted by molar-refractivity contribution is 14.1. The van der Waals surface area contributed by atoms with Crippen LogP contribution in [-0.4, -0.2) is 12.5 Å². The number of amides is 1. The second-order valence-electron chi connectivity index (χ2n) is 5.75. The maximum Gasteiger partial charge on any atom is 0.418 e. The van der Waals surface area contributed by atoms with Gasteiger partial charge in [0.15, 0.2) is 6.61 Å². The van der Waals surface area contributed by atoms with Crippen molar-refractivity contribution >= 4 is 34.2 Å². The number of anilines is 1. The fraction of sp³-hybridized carbons (Fsp3) is 0.278. The van der Waals surface area contributed by atoms with Gasteiger partial charge in [-0.1, -0.05) is 26.0 Å². The molecule has 0 aliphatic rings. The number of ether oxygens (including phenoxy) is 1. The fourth-order valence-corrected chi connectivity index (χ4v) is 2.64. The third-order valence-electron chi connectivity index (χ3n) is 3.48. The summed E-state index contributed by atoms with van der Waals surface area (Å²) in [5.41, 5.74) is -0.0313. The molecule has 3 nitrogen and oxygen atoms in total. The Balaban J connectivity index is 2.01. The van der Waals surface area contributed by atoms with E-state index in [9.17, 15) is 18.0 Å². The van der Waals surface area contributed by atoms with E-state index in [1.54, 1.807) is 34.7 Å². The lowest BCUT2D eigenvalue weighted by atomic mass is 10.0. The largest absolute Gasteiger partial charge is 0.484 e. The van der Waals surface area contributed by atoms with Gasteiger partial charge in [0, 0.05) is 3.57 Å². The normalized spacial score (nSPS) is 11.5. The third-order valence-corrected chi connectivity index (χ3v) is 4.15. The van der Waals surface area contributed by atoms with E-state index >= 15 is 0 Å². The highest BCUT2D eigenvalue weighted by Crippen LogP contribution is 2.35. The smallest absolute Gasteiger partial charge is 0.418 e. The van der Waals surface area contributed by atoms with Crippen molar-refractivity contribution in [2.75, 3.05) is 11.9 Å². The van der Waals surface area contributed by atoms with Crippen LogP contribution in [0.2, 0.25) is 0 Å². The minimum Gasteiger partial charge on any atom is -0.484 e. The molecule has 1 amide bonds. The first-order chi connectivity index (χ1) is 11.7. The van der Waals surface area contributed by atoms with Gasteiger partial charge in [0.1, 0.15) is 5.75 Å². The zero-order valence-electron chi connectivity index (χ0n) is 13.7. The molecule has 0 radical (unpaired) electrons. The summed E-state index contributed by atoms with van der Waals surface area (Å²) in [6.45, 7) is 3.75. The first-order valence-electron chi connectivity index (χ1n) is 7.56. The van der Waals surface area contributed by atoms with Gasteiger partial charge in [-0.15, -0.1) is 0 Å². The summed E-state index contributed by atoms with van der Waals surface area (Å²) in [5, 5.41) is 2.26. The number of halogens is 4. The van der Waals surface area contributed by atoms with Crippen molar-refractivity contribution < 1.29 is 22.7 Å². The Bertz CT molecular complexity index is 743. The van der Waals surface area contributed by atoms with Crippen molar-refractivity contribution in [3.63, 3.8) is 0 Å². The van der Waals surface area contributed by atoms with Gasteiger partial charge in [0.05, 0.1) is 11.3 Å². The second kappa shape index (κ2) is 8.07. The van der Waals surface area contributed by atoms with Crippen LogP contribution in [0.15, 0.2) is 42.5 Å². The van der Waals surface area contributed by atoms with Gasteiger partial charge in [-0.3, -0.25) is 4.79 Å². The molecule has 0 spiro atoms. The van der Waals surface area contributed by atoms with Crippen molar-refractivity contribution in [3.05, 3.63) is 57.2 Å². The van der Waals surface area contributed by atoms with Gasteiger partial charge in [-0.25, -0.2) is 0 Å². The van der Waals surface area contributed by atoms with E-state index in [0.29, 0.717) is 15.2 Å². The van der Waals surface area contributed by atoms with Crippen LogP contribution >= 0.6 is 22.6 Å². The molecule has 25 heavy (non-hydrogen) atoms. The monoisotopic (exact) mass is 463 g/mol. The number of hydrogen-bond acceptors (Lipinski definition) is 2. The molecule has 0 saturated carbocycles. The van der Waals surface area contributed by atoms with Crippen LogP contribution in [0.25, 0.3) is 0 Å². The summed E-state index contributed by atoms with van der Waals surface area (Å²) in [7, 11) is 0. The Morgan fingerprint density at radius 2 is 1.80 bits per heavy atom. The number of carbonyl (C=O) groups is 1. The summed E-state index contributed by atoms with van der Waals surface area (Å²) in [4.78, 5) is 11.9. The lowest BCUT2D eigenvalue weighted by molar-refractivity contribution is -0.137. The summed E-state index contributed by atoms with van der Waals surface area (Å²) in [5.74, 6) is 0.205. The third kappa shape index (κ3) is 5.62. The zero-order valence-corrected chi connectivity index (χ0v) is 15.8. The average molecular weight is 463 g/mol. The zero-order chi connectivity index (χ0) is 18.6. The molecule has 0 aromatic heterocycles. The predicted molar refractivity (Wildman–Crippen MR) is 98.8 cm³/mol. The molecular weight excluding hydrogens is 446 g/mol. The quantitative estimate of drug-likeness (QED) is 0.599. The molecule has 2 rings (SSSR count). The lowest BCUT2D eigenvalue weighted by Crippen LogP contribution is -2.22. The number of benzene rings is 2. The summed E-state index contributed by atoms with van der Waals surface area (Å²) >= 11 is 1.79. The minimum absolute atomic E-state index is 0.281. The highest BCUT2D eigenvalue weighted by atomic mass is 127. The van der Waals surface area contributed by atoms with Crippen molar-refractivity contribution in [1.82, 2.24) is 0 Å². The fourth-order valence-electron chi connectivity index (χ4n) is 2.14. The Labute approximate surface area is 157 Å². The number of rotatable bonds is 5. The first kappa shape index (κ1) is 19.6. The van der Waals surface area contributed by atoms with Crippen molar-refractivity contribution in [3.8, 4) is 5.75 Å². The molecule has 0 atom stereocenters. The van der Waals surface area contributed by atoms with Crippen LogP contribution in [0.3, 0.4) is 0 Å². The highest BCUT2D eigenvalue weighted by Gasteiger charge is 2.34. The standard InChI is InChI=1S/C18H17F3INO2/c1-11(2)12-3-6-14(7-4-12)25-10-17(24)23-16-8-5-13(22)9-15(16)18(19,20)21/h3-9,11H,10H2,1-2H3,(H,23,24). The molecule has 1 N–H and O–H groups in total. The number of nitrogens with one attached hydrogen (secondary N) is 1. The van der Waals surface area contributed by atoms with Crippen molar-refractivity contribution in [2.45, 2.75) is 25.9 Å². The average Bonchev–Trinajstić information content (AvgIpc) is 2.54. The van der Waals surface area contributed by atoms with E-state index in [0.717, 1.165) is 11.6 Å². The minimum atomic E-state index is -4.54. The van der Waals surface area contributed by atoms with Gasteiger partial charge in [0.25, 0.3) is 5.91 Å². The van der Waals surface area contributed by atoms with Gasteiger partial charge in [-0.05, 0) is 64.4 Å². The molecule has 7 heteroatoms. The maximum atomic E-state index is 13.0. The molecule has 0 aliphatic carbocycles. The number of hydrogen-bond donors (Lipinski definition) is 1. The molecule has 0 fully saturated rings. The maximum absolute atomic E-state index is 13.0. The van der Waals surface area contributed by atoms with E-state index in [4.69, 9.17) is 4.74 Å².